The Hall–Kier alpha value is -4.20. The van der Waals surface area contributed by atoms with E-state index in [9.17, 15) is 10.1 Å². The minimum Gasteiger partial charge on any atom is -0.478 e. The Morgan fingerprint density at radius 3 is 2.57 bits per heavy atom. The maximum absolute atomic E-state index is 10.9. The Kier molecular flexibility index (Phi) is 6.18. The molecule has 1 aliphatic carbocycles. The molecular formula is C31H26N2O2. The van der Waals surface area contributed by atoms with E-state index in [1.165, 1.54) is 16.7 Å². The van der Waals surface area contributed by atoms with E-state index in [0.29, 0.717) is 11.6 Å². The molecule has 5 rings (SSSR count). The molecule has 1 saturated heterocycles. The summed E-state index contributed by atoms with van der Waals surface area (Å²) in [5, 5.41) is 22.5. The van der Waals surface area contributed by atoms with Crippen LogP contribution in [0.3, 0.4) is 0 Å². The molecule has 2 aliphatic rings. The zero-order valence-corrected chi connectivity index (χ0v) is 19.5. The number of hydrogen-bond donors (Lipinski definition) is 2. The summed E-state index contributed by atoms with van der Waals surface area (Å²) in [7, 11) is 0. The predicted octanol–water partition coefficient (Wildman–Crippen LogP) is 5.96. The molecule has 4 heteroatoms. The van der Waals surface area contributed by atoms with Crippen molar-refractivity contribution in [1.82, 2.24) is 5.32 Å². The largest absolute Gasteiger partial charge is 0.478 e. The van der Waals surface area contributed by atoms with Gasteiger partial charge in [0, 0.05) is 18.2 Å². The zero-order valence-electron chi connectivity index (χ0n) is 19.5. The van der Waals surface area contributed by atoms with Crippen molar-refractivity contribution in [3.63, 3.8) is 0 Å². The van der Waals surface area contributed by atoms with Crippen LogP contribution in [0, 0.1) is 11.3 Å². The normalized spacial score (nSPS) is 19.0. The van der Waals surface area contributed by atoms with Crippen LogP contribution in [0.1, 0.15) is 46.7 Å². The van der Waals surface area contributed by atoms with Gasteiger partial charge >= 0.3 is 5.97 Å². The van der Waals surface area contributed by atoms with E-state index < -0.39 is 5.97 Å². The molecule has 172 valence electrons. The van der Waals surface area contributed by atoms with E-state index in [2.05, 4.69) is 60.8 Å². The highest BCUT2D eigenvalue weighted by molar-refractivity contribution is 6.03. The highest BCUT2D eigenvalue weighted by Gasteiger charge is 2.42. The number of rotatable bonds is 6. The molecule has 3 aromatic rings. The van der Waals surface area contributed by atoms with Crippen LogP contribution >= 0.6 is 0 Å². The molecule has 35 heavy (non-hydrogen) atoms. The molecule has 2 N–H and O–H groups in total. The first kappa shape index (κ1) is 22.6. The third-order valence-corrected chi connectivity index (χ3v) is 6.76. The summed E-state index contributed by atoms with van der Waals surface area (Å²) in [6.45, 7) is 2.14. The van der Waals surface area contributed by atoms with Crippen molar-refractivity contribution in [2.75, 3.05) is 0 Å². The number of fused-ring (bicyclic) bond motifs is 2. The lowest BCUT2D eigenvalue weighted by Crippen LogP contribution is -2.05. The molecule has 1 heterocycles. The number of nitriles is 1. The van der Waals surface area contributed by atoms with Crippen molar-refractivity contribution >= 4 is 29.3 Å². The van der Waals surface area contributed by atoms with Gasteiger partial charge in [0.1, 0.15) is 0 Å². The summed E-state index contributed by atoms with van der Waals surface area (Å²) in [6, 6.07) is 27.3. The molecule has 0 radical (unpaired) electrons. The van der Waals surface area contributed by atoms with Gasteiger partial charge in [0.15, 0.2) is 0 Å². The van der Waals surface area contributed by atoms with Crippen molar-refractivity contribution in [3.8, 4) is 6.07 Å². The molecule has 2 unspecified atom stereocenters. The minimum atomic E-state index is -0.968. The number of benzene rings is 3. The summed E-state index contributed by atoms with van der Waals surface area (Å²) in [5.41, 5.74) is 9.59. The second kappa shape index (κ2) is 9.58. The number of carboxylic acid groups (broad SMARTS) is 1. The Bertz CT molecular complexity index is 1420. The maximum Gasteiger partial charge on any atom is 0.328 e. The SMILES string of the molecule is CC/C(=C(\C1=Cc2ccccc2CC2NC12)c1ccc(/C=C/C(=O)O)cc1)c1ccccc1C#N. The smallest absolute Gasteiger partial charge is 0.328 e. The lowest BCUT2D eigenvalue weighted by atomic mass is 9.84. The van der Waals surface area contributed by atoms with E-state index in [0.717, 1.165) is 46.8 Å². The molecule has 0 saturated carbocycles. The molecule has 0 amide bonds. The van der Waals surface area contributed by atoms with Gasteiger partial charge in [0.2, 0.25) is 0 Å². The fourth-order valence-electron chi connectivity index (χ4n) is 5.03. The van der Waals surface area contributed by atoms with E-state index in [1.54, 1.807) is 6.08 Å². The Morgan fingerprint density at radius 1 is 1.09 bits per heavy atom. The van der Waals surface area contributed by atoms with Crippen LogP contribution in [0.5, 0.6) is 0 Å². The van der Waals surface area contributed by atoms with Gasteiger partial charge in [0.25, 0.3) is 0 Å². The van der Waals surface area contributed by atoms with Crippen molar-refractivity contribution in [2.24, 2.45) is 0 Å². The van der Waals surface area contributed by atoms with Crippen molar-refractivity contribution in [2.45, 2.75) is 31.8 Å². The van der Waals surface area contributed by atoms with E-state index in [4.69, 9.17) is 5.11 Å². The highest BCUT2D eigenvalue weighted by atomic mass is 16.4. The summed E-state index contributed by atoms with van der Waals surface area (Å²) >= 11 is 0. The average molecular weight is 459 g/mol. The fourth-order valence-corrected chi connectivity index (χ4v) is 5.03. The summed E-state index contributed by atoms with van der Waals surface area (Å²) in [6.07, 6.45) is 6.81. The molecule has 1 aliphatic heterocycles. The Balaban J connectivity index is 1.73. The van der Waals surface area contributed by atoms with Gasteiger partial charge in [-0.05, 0) is 75.6 Å². The number of hydrogen-bond acceptors (Lipinski definition) is 3. The molecule has 0 spiro atoms. The van der Waals surface area contributed by atoms with Gasteiger partial charge in [-0.3, -0.25) is 0 Å². The molecule has 3 aromatic carbocycles. The number of allylic oxidation sites excluding steroid dienone is 1. The van der Waals surface area contributed by atoms with Crippen LogP contribution in [-0.4, -0.2) is 23.2 Å². The molecule has 4 nitrogen and oxygen atoms in total. The molecule has 2 atom stereocenters. The van der Waals surface area contributed by atoms with Crippen LogP contribution < -0.4 is 5.32 Å². The Labute approximate surface area is 205 Å². The quantitative estimate of drug-likeness (QED) is 0.271. The lowest BCUT2D eigenvalue weighted by Gasteiger charge is -2.19. The first-order valence-electron chi connectivity index (χ1n) is 11.9. The molecule has 1 fully saturated rings. The predicted molar refractivity (Wildman–Crippen MR) is 140 cm³/mol. The first-order valence-corrected chi connectivity index (χ1v) is 11.9. The second-order valence-corrected chi connectivity index (χ2v) is 8.91. The molecular weight excluding hydrogens is 432 g/mol. The summed E-state index contributed by atoms with van der Waals surface area (Å²) in [4.78, 5) is 10.9. The number of nitrogens with zero attached hydrogens (tertiary/aromatic N) is 1. The first-order chi connectivity index (χ1) is 17.1. The van der Waals surface area contributed by atoms with E-state index >= 15 is 0 Å². The van der Waals surface area contributed by atoms with Crippen LogP contribution in [0.4, 0.5) is 0 Å². The number of nitrogens with one attached hydrogen (secondary N) is 1. The standard InChI is InChI=1S/C31H26N2O2/c1-2-25(26-10-6-5-9-24(26)19-32)30(21-14-11-20(12-15-21)13-16-29(34)35)27-17-22-7-3-4-8-23(22)18-28-31(27)33-28/h3-17,28,31,33H,2,18H2,1H3,(H,34,35)/b16-13+,30-25+. The topological polar surface area (TPSA) is 83.0 Å². The van der Waals surface area contributed by atoms with Crippen molar-refractivity contribution in [3.05, 3.63) is 118 Å². The highest BCUT2D eigenvalue weighted by Crippen LogP contribution is 2.43. The Morgan fingerprint density at radius 2 is 1.83 bits per heavy atom. The van der Waals surface area contributed by atoms with Crippen LogP contribution in [0.25, 0.3) is 23.3 Å². The van der Waals surface area contributed by atoms with Crippen molar-refractivity contribution < 1.29 is 9.90 Å². The van der Waals surface area contributed by atoms with Crippen molar-refractivity contribution in [1.29, 1.82) is 5.26 Å². The maximum atomic E-state index is 10.9. The van der Waals surface area contributed by atoms with Crippen LogP contribution in [0.2, 0.25) is 0 Å². The fraction of sp³-hybridized carbons (Fsp3) is 0.161. The number of carboxylic acids is 1. The van der Waals surface area contributed by atoms with Gasteiger partial charge < -0.3 is 10.4 Å². The van der Waals surface area contributed by atoms with Crippen LogP contribution in [-0.2, 0) is 11.2 Å². The van der Waals surface area contributed by atoms with Gasteiger partial charge in [0.05, 0.1) is 11.6 Å². The average Bonchev–Trinajstić information content (AvgIpc) is 3.66. The van der Waals surface area contributed by atoms with E-state index in [-0.39, 0.29) is 6.04 Å². The van der Waals surface area contributed by atoms with Gasteiger partial charge in [-0.1, -0.05) is 73.7 Å². The van der Waals surface area contributed by atoms with Gasteiger partial charge in [-0.2, -0.15) is 5.26 Å². The van der Waals surface area contributed by atoms with Crippen LogP contribution in [0.15, 0.2) is 84.4 Å². The van der Waals surface area contributed by atoms with E-state index in [1.807, 2.05) is 36.4 Å². The monoisotopic (exact) mass is 458 g/mol. The summed E-state index contributed by atoms with van der Waals surface area (Å²) < 4.78 is 0. The van der Waals surface area contributed by atoms with Gasteiger partial charge in [-0.25, -0.2) is 4.79 Å². The second-order valence-electron chi connectivity index (χ2n) is 8.91. The van der Waals surface area contributed by atoms with Gasteiger partial charge in [-0.15, -0.1) is 0 Å². The third-order valence-electron chi connectivity index (χ3n) is 6.76. The molecule has 0 bridgehead atoms. The number of aliphatic carboxylic acids is 1. The third kappa shape index (κ3) is 4.59. The molecule has 0 aromatic heterocycles. The minimum absolute atomic E-state index is 0.250. The lowest BCUT2D eigenvalue weighted by molar-refractivity contribution is -0.131. The number of carbonyl (C=O) groups is 1. The zero-order chi connectivity index (χ0) is 24.4. The summed E-state index contributed by atoms with van der Waals surface area (Å²) in [5.74, 6) is -0.968.